The number of ether oxygens (including phenoxy) is 6. The fraction of sp³-hybridized carbons (Fsp3) is 0.859. The van der Waals surface area contributed by atoms with Crippen LogP contribution in [0.2, 0.25) is 0 Å². The van der Waals surface area contributed by atoms with Gasteiger partial charge in [-0.1, -0.05) is 210 Å². The zero-order valence-corrected chi connectivity index (χ0v) is 50.7. The number of carbonyl (C=O) groups excluding carboxylic acids is 1. The Balaban J connectivity index is 1.47. The first-order chi connectivity index (χ1) is 40.3. The summed E-state index contributed by atoms with van der Waals surface area (Å²) in [5.74, 6) is -0.257. The molecule has 0 bridgehead atoms. The highest BCUT2D eigenvalue weighted by Crippen LogP contribution is 2.33. The molecule has 0 saturated carbocycles. The number of aliphatic hydroxyl groups is 11. The molecule has 0 spiro atoms. The Morgan fingerprint density at radius 1 is 0.446 bits per heavy atom. The molecule has 19 nitrogen and oxygen atoms in total. The van der Waals surface area contributed by atoms with Crippen LogP contribution in [0.1, 0.15) is 219 Å². The maximum Gasteiger partial charge on any atom is 0.220 e. The van der Waals surface area contributed by atoms with Gasteiger partial charge < -0.3 is 89.9 Å². The number of amides is 1. The van der Waals surface area contributed by atoms with Crippen molar-refractivity contribution in [2.45, 2.75) is 324 Å². The SMILES string of the molecule is CC/C=C\C/C=C\C/C=C\C/C=C\CCCCCCCCC(=O)NC(COC1OC(CO)C(OC2OC(CO)C(OC3OC(CO)C(O)C(O)C3O)C(O)C2O)C(O)C1O)C(O)CCCCCCCCCCCCCCCCCCCCC. The number of hydrogen-bond acceptors (Lipinski definition) is 18. The number of carbonyl (C=O) groups is 1. The molecular weight excluding hydrogens is 1070 g/mol. The Bertz CT molecular complexity index is 1700. The molecule has 484 valence electrons. The number of nitrogens with one attached hydrogen (secondary N) is 1. The molecule has 3 heterocycles. The topological polar surface area (TPSA) is 307 Å². The van der Waals surface area contributed by atoms with Gasteiger partial charge in [-0.25, -0.2) is 0 Å². The minimum absolute atomic E-state index is 0.249. The lowest BCUT2D eigenvalue weighted by Crippen LogP contribution is -2.66. The summed E-state index contributed by atoms with van der Waals surface area (Å²) < 4.78 is 34.4. The highest BCUT2D eigenvalue weighted by molar-refractivity contribution is 5.76. The van der Waals surface area contributed by atoms with Gasteiger partial charge in [-0.3, -0.25) is 4.79 Å². The van der Waals surface area contributed by atoms with Gasteiger partial charge in [0.2, 0.25) is 5.91 Å². The number of rotatable bonds is 48. The van der Waals surface area contributed by atoms with E-state index in [4.69, 9.17) is 28.4 Å². The third-order valence-corrected chi connectivity index (χ3v) is 16.2. The average molecular weight is 1190 g/mol. The van der Waals surface area contributed by atoms with E-state index in [1.807, 2.05) is 0 Å². The molecule has 3 rings (SSSR count). The van der Waals surface area contributed by atoms with Crippen molar-refractivity contribution >= 4 is 5.91 Å². The second-order valence-electron chi connectivity index (χ2n) is 23.2. The van der Waals surface area contributed by atoms with Crippen molar-refractivity contribution in [2.24, 2.45) is 0 Å². The van der Waals surface area contributed by atoms with E-state index in [9.17, 15) is 61.0 Å². The van der Waals surface area contributed by atoms with Crippen molar-refractivity contribution < 1.29 is 89.4 Å². The Morgan fingerprint density at radius 3 is 1.30 bits per heavy atom. The van der Waals surface area contributed by atoms with Crippen LogP contribution < -0.4 is 5.32 Å². The van der Waals surface area contributed by atoms with Crippen LogP contribution >= 0.6 is 0 Å². The Hall–Kier alpha value is -2.25. The van der Waals surface area contributed by atoms with Crippen LogP contribution in [0.4, 0.5) is 0 Å². The average Bonchev–Trinajstić information content (AvgIpc) is 3.43. The number of aliphatic hydroxyl groups excluding tert-OH is 11. The van der Waals surface area contributed by atoms with Crippen LogP contribution in [0.15, 0.2) is 48.6 Å². The molecule has 0 aliphatic carbocycles. The van der Waals surface area contributed by atoms with Gasteiger partial charge in [0.25, 0.3) is 0 Å². The molecular formula is C64H115NO18. The Kier molecular flexibility index (Phi) is 42.3. The lowest BCUT2D eigenvalue weighted by Gasteiger charge is -2.48. The minimum atomic E-state index is -1.97. The molecule has 3 fully saturated rings. The van der Waals surface area contributed by atoms with E-state index >= 15 is 0 Å². The van der Waals surface area contributed by atoms with E-state index in [1.54, 1.807) is 0 Å². The van der Waals surface area contributed by atoms with Gasteiger partial charge >= 0.3 is 0 Å². The molecule has 3 saturated heterocycles. The molecule has 3 aliphatic heterocycles. The molecule has 83 heavy (non-hydrogen) atoms. The zero-order chi connectivity index (χ0) is 60.5. The third kappa shape index (κ3) is 30.0. The number of hydrogen-bond donors (Lipinski definition) is 12. The second-order valence-corrected chi connectivity index (χ2v) is 23.2. The smallest absolute Gasteiger partial charge is 0.220 e. The summed E-state index contributed by atoms with van der Waals surface area (Å²) in [5.41, 5.74) is 0. The predicted molar refractivity (Wildman–Crippen MR) is 319 cm³/mol. The third-order valence-electron chi connectivity index (χ3n) is 16.2. The largest absolute Gasteiger partial charge is 0.394 e. The monoisotopic (exact) mass is 1190 g/mol. The lowest BCUT2D eigenvalue weighted by molar-refractivity contribution is -0.379. The molecule has 3 aliphatic rings. The normalized spacial score (nSPS) is 29.7. The molecule has 0 aromatic rings. The van der Waals surface area contributed by atoms with Crippen LogP contribution in [0.5, 0.6) is 0 Å². The van der Waals surface area contributed by atoms with Crippen LogP contribution in [0.25, 0.3) is 0 Å². The predicted octanol–water partition coefficient (Wildman–Crippen LogP) is 7.04. The highest BCUT2D eigenvalue weighted by Gasteiger charge is 2.53. The second kappa shape index (κ2) is 46.8. The molecule has 19 heteroatoms. The van der Waals surface area contributed by atoms with Crippen molar-refractivity contribution in [3.63, 3.8) is 0 Å². The summed E-state index contributed by atoms with van der Waals surface area (Å²) in [7, 11) is 0. The fourth-order valence-electron chi connectivity index (χ4n) is 10.9. The van der Waals surface area contributed by atoms with E-state index in [-0.39, 0.29) is 18.9 Å². The summed E-state index contributed by atoms with van der Waals surface area (Å²) in [4.78, 5) is 13.4. The van der Waals surface area contributed by atoms with Gasteiger partial charge in [0.15, 0.2) is 18.9 Å². The standard InChI is InChI=1S/C64H115NO18/c1-3-5-7-9-11-13-15-17-19-21-23-25-27-29-31-33-35-37-39-41-48(69)47(65-52(70)42-40-38-36-34-32-30-28-26-24-22-20-18-16-14-12-10-8-6-4-2)46-78-62-58(76)55(73)60(50(44-67)80-62)83-64-59(77)56(74)61(51(45-68)81-64)82-63-57(75)54(72)53(71)49(43-66)79-63/h6,8,12,14,18,20,24,26,47-51,53-64,66-69,71-77H,3-5,7,9-11,13,15-17,19,21-23,25,27-46H2,1-2H3,(H,65,70)/b8-6-,14-12-,20-18-,26-24-. The van der Waals surface area contributed by atoms with Gasteiger partial charge in [-0.15, -0.1) is 0 Å². The molecule has 0 radical (unpaired) electrons. The fourth-order valence-corrected chi connectivity index (χ4v) is 10.9. The van der Waals surface area contributed by atoms with Gasteiger partial charge in [-0.2, -0.15) is 0 Å². The van der Waals surface area contributed by atoms with Crippen molar-refractivity contribution in [2.75, 3.05) is 26.4 Å². The van der Waals surface area contributed by atoms with Gasteiger partial charge in [-0.05, 0) is 51.4 Å². The first kappa shape index (κ1) is 75.0. The van der Waals surface area contributed by atoms with Crippen LogP contribution in [-0.4, -0.2) is 193 Å². The summed E-state index contributed by atoms with van der Waals surface area (Å²) in [6.45, 7) is 1.68. The van der Waals surface area contributed by atoms with Crippen molar-refractivity contribution in [1.82, 2.24) is 5.32 Å². The first-order valence-electron chi connectivity index (χ1n) is 32.4. The van der Waals surface area contributed by atoms with Crippen LogP contribution in [0.3, 0.4) is 0 Å². The number of allylic oxidation sites excluding steroid dienone is 8. The summed E-state index contributed by atoms with van der Waals surface area (Å²) >= 11 is 0. The van der Waals surface area contributed by atoms with E-state index in [2.05, 4.69) is 67.8 Å². The minimum Gasteiger partial charge on any atom is -0.394 e. The van der Waals surface area contributed by atoms with Crippen LogP contribution in [-0.2, 0) is 33.2 Å². The highest BCUT2D eigenvalue weighted by atomic mass is 16.8. The number of unbranched alkanes of at least 4 members (excludes halogenated alkanes) is 24. The van der Waals surface area contributed by atoms with E-state index in [0.29, 0.717) is 12.8 Å². The quantitative estimate of drug-likeness (QED) is 0.0215. The summed E-state index contributed by atoms with van der Waals surface area (Å²) in [6.07, 6.45) is 26.1. The molecule has 17 atom stereocenters. The maximum atomic E-state index is 13.4. The lowest BCUT2D eigenvalue weighted by atomic mass is 9.96. The molecule has 1 amide bonds. The first-order valence-corrected chi connectivity index (χ1v) is 32.4. The maximum absolute atomic E-state index is 13.4. The molecule has 17 unspecified atom stereocenters. The van der Waals surface area contributed by atoms with Gasteiger partial charge in [0, 0.05) is 6.42 Å². The summed E-state index contributed by atoms with van der Waals surface area (Å²) in [5, 5.41) is 120. The molecule has 12 N–H and O–H groups in total. The van der Waals surface area contributed by atoms with Crippen LogP contribution in [0, 0.1) is 0 Å². The van der Waals surface area contributed by atoms with E-state index in [1.165, 1.54) is 96.3 Å². The molecule has 0 aromatic carbocycles. The van der Waals surface area contributed by atoms with E-state index < -0.39 is 124 Å². The van der Waals surface area contributed by atoms with Gasteiger partial charge in [0.05, 0.1) is 38.6 Å². The Morgan fingerprint density at radius 2 is 0.831 bits per heavy atom. The van der Waals surface area contributed by atoms with Crippen molar-refractivity contribution in [1.29, 1.82) is 0 Å². The molecule has 0 aromatic heterocycles. The van der Waals surface area contributed by atoms with E-state index in [0.717, 1.165) is 89.9 Å². The van der Waals surface area contributed by atoms with Crippen molar-refractivity contribution in [3.05, 3.63) is 48.6 Å². The van der Waals surface area contributed by atoms with Crippen molar-refractivity contribution in [3.8, 4) is 0 Å². The zero-order valence-electron chi connectivity index (χ0n) is 50.7. The Labute approximate surface area is 497 Å². The van der Waals surface area contributed by atoms with Gasteiger partial charge in [0.1, 0.15) is 73.2 Å². The summed E-state index contributed by atoms with van der Waals surface area (Å²) in [6, 6.07) is -0.897.